The van der Waals surface area contributed by atoms with Crippen LogP contribution in [0.5, 0.6) is 0 Å². The van der Waals surface area contributed by atoms with Crippen molar-refractivity contribution in [1.82, 2.24) is 0 Å². The van der Waals surface area contributed by atoms with Gasteiger partial charge in [0, 0.05) is 12.2 Å². The van der Waals surface area contributed by atoms with Gasteiger partial charge in [-0.15, -0.1) is 0 Å². The molecule has 0 radical (unpaired) electrons. The molecule has 0 saturated heterocycles. The summed E-state index contributed by atoms with van der Waals surface area (Å²) in [4.78, 5) is 5.25. The lowest BCUT2D eigenvalue weighted by Crippen LogP contribution is -2.33. The molecular weight excluding hydrogens is 216 g/mol. The Bertz CT molecular complexity index is 441. The predicted molar refractivity (Wildman–Crippen MR) is 67.6 cm³/mol. The summed E-state index contributed by atoms with van der Waals surface area (Å²) in [5.74, 6) is -0.251. The number of hydrogen-bond acceptors (Lipinski definition) is 2. The molecule has 0 bridgehead atoms. The normalized spacial score (nSPS) is 9.12. The lowest BCUT2D eigenvalue weighted by molar-refractivity contribution is 0.956. The van der Waals surface area contributed by atoms with E-state index in [1.807, 2.05) is 36.4 Å². The van der Waals surface area contributed by atoms with E-state index in [-0.39, 0.29) is 18.3 Å². The molecule has 5 N–H and O–H groups in total. The Hall–Kier alpha value is -2.55. The Balaban J connectivity index is 2.93. The Kier molecular flexibility index (Phi) is 4.51. The predicted octanol–water partition coefficient (Wildman–Crippen LogP) is 0.615. The quantitative estimate of drug-likeness (QED) is 0.521. The Morgan fingerprint density at radius 2 is 2.00 bits per heavy atom. The summed E-state index contributed by atoms with van der Waals surface area (Å²) < 4.78 is 0. The Morgan fingerprint density at radius 3 is 2.53 bits per heavy atom. The molecule has 1 aromatic rings. The van der Waals surface area contributed by atoms with Gasteiger partial charge in [-0.25, -0.2) is 0 Å². The van der Waals surface area contributed by atoms with Crippen LogP contribution in [0.15, 0.2) is 35.3 Å². The molecule has 1 rings (SSSR count). The van der Waals surface area contributed by atoms with Gasteiger partial charge in [-0.2, -0.15) is 10.3 Å². The molecule has 0 amide bonds. The molecule has 0 aliphatic heterocycles. The van der Waals surface area contributed by atoms with Crippen LogP contribution in [0.1, 0.15) is 6.42 Å². The van der Waals surface area contributed by atoms with Gasteiger partial charge in [0.15, 0.2) is 5.96 Å². The highest BCUT2D eigenvalue weighted by molar-refractivity contribution is 6.01. The summed E-state index contributed by atoms with van der Waals surface area (Å²) >= 11 is 0. The summed E-state index contributed by atoms with van der Waals surface area (Å²) in [5.41, 5.74) is 11.2. The number of nitrogens with two attached hydrogens (primary N) is 2. The van der Waals surface area contributed by atoms with E-state index in [2.05, 4.69) is 4.99 Å². The molecular formula is C11H14N6. The fourth-order valence-electron chi connectivity index (χ4n) is 1.31. The number of para-hydroxylation sites is 1. The highest BCUT2D eigenvalue weighted by Gasteiger charge is 2.10. The second-order valence-electron chi connectivity index (χ2n) is 3.26. The number of nitriles is 1. The Labute approximate surface area is 99.7 Å². The molecule has 17 heavy (non-hydrogen) atoms. The number of aliphatic imine (C=N–C) groups is 1. The molecule has 0 heterocycles. The van der Waals surface area contributed by atoms with Crippen LogP contribution in [0.25, 0.3) is 0 Å². The minimum absolute atomic E-state index is 0.0774. The van der Waals surface area contributed by atoms with Gasteiger partial charge in [0.05, 0.1) is 12.5 Å². The third kappa shape index (κ3) is 3.83. The van der Waals surface area contributed by atoms with E-state index in [0.29, 0.717) is 6.54 Å². The summed E-state index contributed by atoms with van der Waals surface area (Å²) in [6.07, 6.45) is 0.289. The molecule has 0 unspecified atom stereocenters. The molecule has 6 nitrogen and oxygen atoms in total. The average Bonchev–Trinajstić information content (AvgIpc) is 2.30. The first-order valence-corrected chi connectivity index (χ1v) is 5.03. The van der Waals surface area contributed by atoms with Gasteiger partial charge in [-0.05, 0) is 12.1 Å². The molecule has 0 saturated carbocycles. The van der Waals surface area contributed by atoms with Gasteiger partial charge in [0.25, 0.3) is 0 Å². The topological polar surface area (TPSA) is 115 Å². The van der Waals surface area contributed by atoms with Crippen LogP contribution >= 0.6 is 0 Å². The maximum absolute atomic E-state index is 8.59. The third-order valence-corrected chi connectivity index (χ3v) is 2.01. The van der Waals surface area contributed by atoms with E-state index in [4.69, 9.17) is 22.1 Å². The van der Waals surface area contributed by atoms with Gasteiger partial charge >= 0.3 is 0 Å². The zero-order valence-corrected chi connectivity index (χ0v) is 9.30. The van der Waals surface area contributed by atoms with Crippen molar-refractivity contribution in [3.63, 3.8) is 0 Å². The average molecular weight is 230 g/mol. The van der Waals surface area contributed by atoms with Crippen LogP contribution in [0.2, 0.25) is 0 Å². The van der Waals surface area contributed by atoms with Crippen molar-refractivity contribution in [2.75, 3.05) is 11.4 Å². The Morgan fingerprint density at radius 1 is 1.35 bits per heavy atom. The molecule has 1 aromatic carbocycles. The van der Waals surface area contributed by atoms with Crippen LogP contribution in [-0.4, -0.2) is 18.5 Å². The highest BCUT2D eigenvalue weighted by atomic mass is 15.3. The number of rotatable bonds is 3. The second kappa shape index (κ2) is 6.12. The summed E-state index contributed by atoms with van der Waals surface area (Å²) in [5, 5.41) is 16.4. The first-order valence-electron chi connectivity index (χ1n) is 5.03. The fourth-order valence-corrected chi connectivity index (χ4v) is 1.31. The van der Waals surface area contributed by atoms with Gasteiger partial charge < -0.3 is 16.4 Å². The molecule has 0 spiro atoms. The van der Waals surface area contributed by atoms with E-state index in [1.165, 1.54) is 0 Å². The van der Waals surface area contributed by atoms with E-state index < -0.39 is 0 Å². The molecule has 0 atom stereocenters. The number of hydrogen-bond donors (Lipinski definition) is 3. The van der Waals surface area contributed by atoms with Gasteiger partial charge in [0.1, 0.15) is 0 Å². The number of anilines is 1. The number of guanidine groups is 2. The number of nitrogens with zero attached hydrogens (tertiary/aromatic N) is 3. The zero-order valence-electron chi connectivity index (χ0n) is 9.30. The SMILES string of the molecule is N#CCCN(C(=N)N=C(N)N)c1ccccc1. The van der Waals surface area contributed by atoms with Crippen LogP contribution in [0, 0.1) is 16.7 Å². The minimum atomic E-state index is -0.173. The van der Waals surface area contributed by atoms with E-state index in [0.717, 1.165) is 5.69 Å². The monoisotopic (exact) mass is 230 g/mol. The molecule has 0 aliphatic rings. The molecule has 0 aliphatic carbocycles. The fraction of sp³-hybridized carbons (Fsp3) is 0.182. The van der Waals surface area contributed by atoms with Crippen LogP contribution in [-0.2, 0) is 0 Å². The smallest absolute Gasteiger partial charge is 0.225 e. The summed E-state index contributed by atoms with van der Waals surface area (Å²) in [7, 11) is 0. The van der Waals surface area contributed by atoms with Crippen molar-refractivity contribution in [3.05, 3.63) is 30.3 Å². The maximum atomic E-state index is 8.59. The van der Waals surface area contributed by atoms with Gasteiger partial charge in [0.2, 0.25) is 5.96 Å². The molecule has 0 aromatic heterocycles. The van der Waals surface area contributed by atoms with E-state index in [9.17, 15) is 0 Å². The van der Waals surface area contributed by atoms with Gasteiger partial charge in [-0.1, -0.05) is 18.2 Å². The van der Waals surface area contributed by atoms with Crippen molar-refractivity contribution in [3.8, 4) is 6.07 Å². The maximum Gasteiger partial charge on any atom is 0.225 e. The number of benzene rings is 1. The number of nitrogens with one attached hydrogen (secondary N) is 1. The second-order valence-corrected chi connectivity index (χ2v) is 3.26. The lowest BCUT2D eigenvalue weighted by atomic mass is 10.3. The molecule has 6 heteroatoms. The first kappa shape index (κ1) is 12.5. The standard InChI is InChI=1S/C11H14N6/c12-7-4-8-17(11(15)16-10(13)14)9-5-2-1-3-6-9/h1-3,5-6H,4,8H2,(H5,13,14,15,16). The van der Waals surface area contributed by atoms with Crippen LogP contribution < -0.4 is 16.4 Å². The first-order chi connectivity index (χ1) is 8.15. The molecule has 88 valence electrons. The van der Waals surface area contributed by atoms with Crippen LogP contribution in [0.4, 0.5) is 5.69 Å². The third-order valence-electron chi connectivity index (χ3n) is 2.01. The largest absolute Gasteiger partial charge is 0.370 e. The van der Waals surface area contributed by atoms with E-state index >= 15 is 0 Å². The van der Waals surface area contributed by atoms with Crippen molar-refractivity contribution < 1.29 is 0 Å². The van der Waals surface area contributed by atoms with Crippen molar-refractivity contribution in [2.24, 2.45) is 16.5 Å². The lowest BCUT2D eigenvalue weighted by Gasteiger charge is -2.21. The van der Waals surface area contributed by atoms with Gasteiger partial charge in [-0.3, -0.25) is 5.41 Å². The van der Waals surface area contributed by atoms with Crippen LogP contribution in [0.3, 0.4) is 0 Å². The zero-order chi connectivity index (χ0) is 12.7. The van der Waals surface area contributed by atoms with Crippen molar-refractivity contribution in [1.29, 1.82) is 10.7 Å². The molecule has 0 fully saturated rings. The summed E-state index contributed by atoms with van der Waals surface area (Å²) in [6, 6.07) is 11.2. The van der Waals surface area contributed by atoms with Crippen molar-refractivity contribution >= 4 is 17.6 Å². The highest BCUT2D eigenvalue weighted by Crippen LogP contribution is 2.14. The minimum Gasteiger partial charge on any atom is -0.370 e. The van der Waals surface area contributed by atoms with E-state index in [1.54, 1.807) is 4.90 Å². The summed E-state index contributed by atoms with van der Waals surface area (Å²) in [6.45, 7) is 0.371. The van der Waals surface area contributed by atoms with Crippen molar-refractivity contribution in [2.45, 2.75) is 6.42 Å².